The molecular formula is C20H24OS. The Labute approximate surface area is 138 Å². The van der Waals surface area contributed by atoms with Gasteiger partial charge in [0, 0.05) is 16.9 Å². The Morgan fingerprint density at radius 2 is 1.68 bits per heavy atom. The van der Waals surface area contributed by atoms with Crippen LogP contribution in [0.4, 0.5) is 0 Å². The first-order valence-corrected chi connectivity index (χ1v) is 8.93. The minimum absolute atomic E-state index is 0.246. The van der Waals surface area contributed by atoms with Gasteiger partial charge in [0.05, 0.1) is 0 Å². The highest BCUT2D eigenvalue weighted by atomic mass is 32.2. The monoisotopic (exact) mass is 312 g/mol. The smallest absolute Gasteiger partial charge is 0.163 e. The van der Waals surface area contributed by atoms with E-state index in [0.29, 0.717) is 12.3 Å². The first-order valence-electron chi connectivity index (χ1n) is 7.95. The molecule has 0 amide bonds. The Hall–Kier alpha value is -1.54. The third-order valence-corrected chi connectivity index (χ3v) is 4.59. The molecule has 0 radical (unpaired) electrons. The molecule has 2 aromatic carbocycles. The van der Waals surface area contributed by atoms with Crippen LogP contribution in [-0.2, 0) is 6.42 Å². The number of thioether (sulfide) groups is 1. The SMILES string of the molecule is CC(C)CC(=O)c1ccc(SCCCc2ccccc2)cc1. The number of rotatable bonds is 8. The molecule has 0 atom stereocenters. The predicted octanol–water partition coefficient (Wildman–Crippen LogP) is 5.64. The third-order valence-electron chi connectivity index (χ3n) is 3.49. The highest BCUT2D eigenvalue weighted by molar-refractivity contribution is 7.99. The molecule has 0 bridgehead atoms. The van der Waals surface area contributed by atoms with Gasteiger partial charge in [-0.05, 0) is 42.2 Å². The quantitative estimate of drug-likeness (QED) is 0.356. The molecule has 0 saturated heterocycles. The van der Waals surface area contributed by atoms with Gasteiger partial charge in [-0.15, -0.1) is 11.8 Å². The Morgan fingerprint density at radius 3 is 2.32 bits per heavy atom. The largest absolute Gasteiger partial charge is 0.294 e. The van der Waals surface area contributed by atoms with Crippen LogP contribution in [-0.4, -0.2) is 11.5 Å². The Kier molecular flexibility index (Phi) is 6.73. The normalized spacial score (nSPS) is 10.9. The molecule has 0 aliphatic carbocycles. The molecule has 0 aliphatic heterocycles. The van der Waals surface area contributed by atoms with Gasteiger partial charge in [-0.1, -0.05) is 56.3 Å². The van der Waals surface area contributed by atoms with Crippen LogP contribution < -0.4 is 0 Å². The minimum atomic E-state index is 0.246. The van der Waals surface area contributed by atoms with E-state index in [2.05, 4.69) is 56.3 Å². The summed E-state index contributed by atoms with van der Waals surface area (Å²) < 4.78 is 0. The zero-order valence-electron chi connectivity index (χ0n) is 13.4. The first kappa shape index (κ1) is 16.8. The lowest BCUT2D eigenvalue weighted by Gasteiger charge is -2.06. The molecule has 0 unspecified atom stereocenters. The maximum Gasteiger partial charge on any atom is 0.163 e. The summed E-state index contributed by atoms with van der Waals surface area (Å²) >= 11 is 1.86. The lowest BCUT2D eigenvalue weighted by atomic mass is 10.0. The van der Waals surface area contributed by atoms with Gasteiger partial charge < -0.3 is 0 Å². The van der Waals surface area contributed by atoms with Gasteiger partial charge in [-0.3, -0.25) is 4.79 Å². The van der Waals surface area contributed by atoms with E-state index in [0.717, 1.165) is 17.7 Å². The van der Waals surface area contributed by atoms with Crippen molar-refractivity contribution in [3.05, 3.63) is 65.7 Å². The maximum atomic E-state index is 12.0. The molecule has 2 rings (SSSR count). The number of benzene rings is 2. The first-order chi connectivity index (χ1) is 10.6. The molecule has 2 heteroatoms. The van der Waals surface area contributed by atoms with Gasteiger partial charge in [0.1, 0.15) is 0 Å². The second-order valence-electron chi connectivity index (χ2n) is 5.98. The predicted molar refractivity (Wildman–Crippen MR) is 95.7 cm³/mol. The molecular weight excluding hydrogens is 288 g/mol. The van der Waals surface area contributed by atoms with E-state index in [1.165, 1.54) is 16.9 Å². The lowest BCUT2D eigenvalue weighted by molar-refractivity contribution is 0.0968. The summed E-state index contributed by atoms with van der Waals surface area (Å²) in [7, 11) is 0. The second kappa shape index (κ2) is 8.79. The molecule has 0 heterocycles. The van der Waals surface area contributed by atoms with E-state index in [1.807, 2.05) is 23.9 Å². The van der Waals surface area contributed by atoms with Crippen molar-refractivity contribution in [2.75, 3.05) is 5.75 Å². The fourth-order valence-electron chi connectivity index (χ4n) is 2.34. The third kappa shape index (κ3) is 5.69. The minimum Gasteiger partial charge on any atom is -0.294 e. The van der Waals surface area contributed by atoms with Crippen molar-refractivity contribution in [3.8, 4) is 0 Å². The molecule has 1 nitrogen and oxygen atoms in total. The molecule has 0 aromatic heterocycles. The fraction of sp³-hybridized carbons (Fsp3) is 0.350. The average Bonchev–Trinajstić information content (AvgIpc) is 2.52. The Bertz CT molecular complexity index is 572. The number of Topliss-reactive ketones (excluding diaryl/α,β-unsaturated/α-hetero) is 1. The van der Waals surface area contributed by atoms with Crippen molar-refractivity contribution in [2.24, 2.45) is 5.92 Å². The van der Waals surface area contributed by atoms with Gasteiger partial charge in [0.15, 0.2) is 5.78 Å². The summed E-state index contributed by atoms with van der Waals surface area (Å²) in [5.41, 5.74) is 2.24. The summed E-state index contributed by atoms with van der Waals surface area (Å²) in [6.07, 6.45) is 2.92. The lowest BCUT2D eigenvalue weighted by Crippen LogP contribution is -2.03. The van der Waals surface area contributed by atoms with E-state index in [-0.39, 0.29) is 5.78 Å². The second-order valence-corrected chi connectivity index (χ2v) is 7.15. The van der Waals surface area contributed by atoms with Crippen molar-refractivity contribution < 1.29 is 4.79 Å². The van der Waals surface area contributed by atoms with Crippen molar-refractivity contribution >= 4 is 17.5 Å². The number of ketones is 1. The van der Waals surface area contributed by atoms with E-state index in [9.17, 15) is 4.79 Å². The van der Waals surface area contributed by atoms with Crippen molar-refractivity contribution in [2.45, 2.75) is 38.0 Å². The van der Waals surface area contributed by atoms with Crippen molar-refractivity contribution in [1.82, 2.24) is 0 Å². The number of carbonyl (C=O) groups is 1. The topological polar surface area (TPSA) is 17.1 Å². The van der Waals surface area contributed by atoms with Crippen LogP contribution in [0.5, 0.6) is 0 Å². The number of hydrogen-bond donors (Lipinski definition) is 0. The van der Waals surface area contributed by atoms with Crippen molar-refractivity contribution in [3.63, 3.8) is 0 Å². The molecule has 22 heavy (non-hydrogen) atoms. The van der Waals surface area contributed by atoms with Crippen LogP contribution in [0.3, 0.4) is 0 Å². The molecule has 0 aliphatic rings. The van der Waals surface area contributed by atoms with Gasteiger partial charge in [-0.25, -0.2) is 0 Å². The number of carbonyl (C=O) groups excluding carboxylic acids is 1. The molecule has 2 aromatic rings. The summed E-state index contributed by atoms with van der Waals surface area (Å²) in [5.74, 6) is 1.77. The van der Waals surface area contributed by atoms with E-state index < -0.39 is 0 Å². The van der Waals surface area contributed by atoms with Crippen molar-refractivity contribution in [1.29, 1.82) is 0 Å². The highest BCUT2D eigenvalue weighted by Gasteiger charge is 2.07. The number of aryl methyl sites for hydroxylation is 1. The molecule has 0 saturated carbocycles. The summed E-state index contributed by atoms with van der Waals surface area (Å²) in [6, 6.07) is 18.7. The fourth-order valence-corrected chi connectivity index (χ4v) is 3.19. The van der Waals surface area contributed by atoms with Crippen LogP contribution in [0, 0.1) is 5.92 Å². The molecule has 0 N–H and O–H groups in total. The van der Waals surface area contributed by atoms with Crippen LogP contribution in [0.2, 0.25) is 0 Å². The standard InChI is InChI=1S/C20H24OS/c1-16(2)15-20(21)18-10-12-19(13-11-18)22-14-6-9-17-7-4-3-5-8-17/h3-5,7-8,10-13,16H,6,9,14-15H2,1-2H3. The zero-order valence-corrected chi connectivity index (χ0v) is 14.2. The van der Waals surface area contributed by atoms with Gasteiger partial charge >= 0.3 is 0 Å². The van der Waals surface area contributed by atoms with Gasteiger partial charge in [-0.2, -0.15) is 0 Å². The molecule has 0 fully saturated rings. The summed E-state index contributed by atoms with van der Waals surface area (Å²) in [6.45, 7) is 4.16. The Morgan fingerprint density at radius 1 is 1.00 bits per heavy atom. The molecule has 0 spiro atoms. The highest BCUT2D eigenvalue weighted by Crippen LogP contribution is 2.21. The van der Waals surface area contributed by atoms with Crippen LogP contribution >= 0.6 is 11.8 Å². The van der Waals surface area contributed by atoms with Crippen LogP contribution in [0.15, 0.2) is 59.5 Å². The van der Waals surface area contributed by atoms with Gasteiger partial charge in [0.25, 0.3) is 0 Å². The van der Waals surface area contributed by atoms with Gasteiger partial charge in [0.2, 0.25) is 0 Å². The Balaban J connectivity index is 1.76. The maximum absolute atomic E-state index is 12.0. The molecule has 116 valence electrons. The van der Waals surface area contributed by atoms with Crippen LogP contribution in [0.25, 0.3) is 0 Å². The summed E-state index contributed by atoms with van der Waals surface area (Å²) in [5, 5.41) is 0. The van der Waals surface area contributed by atoms with Crippen LogP contribution in [0.1, 0.15) is 42.6 Å². The van der Waals surface area contributed by atoms with E-state index >= 15 is 0 Å². The summed E-state index contributed by atoms with van der Waals surface area (Å²) in [4.78, 5) is 13.2. The van der Waals surface area contributed by atoms with E-state index in [4.69, 9.17) is 0 Å². The van der Waals surface area contributed by atoms with E-state index in [1.54, 1.807) is 0 Å². The average molecular weight is 312 g/mol. The zero-order chi connectivity index (χ0) is 15.8. The number of hydrogen-bond acceptors (Lipinski definition) is 2.